The van der Waals surface area contributed by atoms with Crippen LogP contribution in [0.4, 0.5) is 0 Å². The number of hydrogen-bond donors (Lipinski definition) is 1. The van der Waals surface area contributed by atoms with Gasteiger partial charge in [0.25, 0.3) is 0 Å². The Morgan fingerprint density at radius 3 is 3.00 bits per heavy atom. The topological polar surface area (TPSA) is 56.2 Å². The second-order valence-corrected chi connectivity index (χ2v) is 3.25. The van der Waals surface area contributed by atoms with Crippen LogP contribution in [0, 0.1) is 0 Å². The van der Waals surface area contributed by atoms with Gasteiger partial charge in [-0.25, -0.2) is 9.97 Å². The molecule has 2 N–H and O–H groups in total. The SMILES string of the molecule is CC(N)c1nccc2ncc(Cl)n12. The highest BCUT2D eigenvalue weighted by Crippen LogP contribution is 2.16. The third-order valence-corrected chi connectivity index (χ3v) is 2.08. The van der Waals surface area contributed by atoms with E-state index in [2.05, 4.69) is 9.97 Å². The van der Waals surface area contributed by atoms with Crippen LogP contribution in [0.1, 0.15) is 18.8 Å². The van der Waals surface area contributed by atoms with Gasteiger partial charge in [-0.3, -0.25) is 4.40 Å². The van der Waals surface area contributed by atoms with Gasteiger partial charge in [-0.1, -0.05) is 11.6 Å². The van der Waals surface area contributed by atoms with Crippen molar-refractivity contribution in [3.63, 3.8) is 0 Å². The molecule has 13 heavy (non-hydrogen) atoms. The Balaban J connectivity index is 2.80. The van der Waals surface area contributed by atoms with Crippen LogP contribution in [0.25, 0.3) is 5.65 Å². The first-order valence-electron chi connectivity index (χ1n) is 3.93. The number of halogens is 1. The van der Waals surface area contributed by atoms with Crippen LogP contribution in [0.15, 0.2) is 18.5 Å². The molecule has 4 nitrogen and oxygen atoms in total. The summed E-state index contributed by atoms with van der Waals surface area (Å²) in [4.78, 5) is 8.25. The zero-order valence-corrected chi connectivity index (χ0v) is 7.86. The Kier molecular flexibility index (Phi) is 1.94. The Labute approximate surface area is 80.4 Å². The first kappa shape index (κ1) is 8.47. The zero-order chi connectivity index (χ0) is 9.42. The second kappa shape index (κ2) is 2.97. The van der Waals surface area contributed by atoms with Gasteiger partial charge in [0.2, 0.25) is 0 Å². The Bertz CT molecular complexity index is 435. The fraction of sp³-hybridized carbons (Fsp3) is 0.250. The van der Waals surface area contributed by atoms with E-state index in [4.69, 9.17) is 17.3 Å². The summed E-state index contributed by atoms with van der Waals surface area (Å²) >= 11 is 5.93. The van der Waals surface area contributed by atoms with Crippen molar-refractivity contribution in [2.45, 2.75) is 13.0 Å². The molecular weight excluding hydrogens is 188 g/mol. The second-order valence-electron chi connectivity index (χ2n) is 2.87. The summed E-state index contributed by atoms with van der Waals surface area (Å²) in [6.07, 6.45) is 3.27. The molecule has 0 aliphatic heterocycles. The summed E-state index contributed by atoms with van der Waals surface area (Å²) in [5.74, 6) is 0.722. The van der Waals surface area contributed by atoms with Gasteiger partial charge in [-0.2, -0.15) is 0 Å². The lowest BCUT2D eigenvalue weighted by atomic mass is 10.3. The van der Waals surface area contributed by atoms with Crippen molar-refractivity contribution >= 4 is 17.2 Å². The van der Waals surface area contributed by atoms with Crippen molar-refractivity contribution in [1.29, 1.82) is 0 Å². The number of rotatable bonds is 1. The summed E-state index contributed by atoms with van der Waals surface area (Å²) in [6, 6.07) is 1.63. The minimum Gasteiger partial charge on any atom is -0.322 e. The molecule has 0 bridgehead atoms. The zero-order valence-electron chi connectivity index (χ0n) is 7.11. The molecule has 2 aromatic heterocycles. The minimum atomic E-state index is -0.157. The van der Waals surface area contributed by atoms with E-state index in [-0.39, 0.29) is 6.04 Å². The molecule has 0 aliphatic carbocycles. The van der Waals surface area contributed by atoms with E-state index in [1.54, 1.807) is 22.9 Å². The quantitative estimate of drug-likeness (QED) is 0.750. The van der Waals surface area contributed by atoms with Crippen molar-refractivity contribution in [2.75, 3.05) is 0 Å². The van der Waals surface area contributed by atoms with Gasteiger partial charge in [0.15, 0.2) is 0 Å². The van der Waals surface area contributed by atoms with E-state index >= 15 is 0 Å². The number of imidazole rings is 1. The van der Waals surface area contributed by atoms with Crippen LogP contribution < -0.4 is 5.73 Å². The number of nitrogens with two attached hydrogens (primary N) is 1. The Morgan fingerprint density at radius 1 is 1.54 bits per heavy atom. The smallest absolute Gasteiger partial charge is 0.140 e. The maximum Gasteiger partial charge on any atom is 0.140 e. The maximum absolute atomic E-state index is 5.93. The predicted octanol–water partition coefficient (Wildman–Crippen LogP) is 1.40. The average molecular weight is 197 g/mol. The summed E-state index contributed by atoms with van der Waals surface area (Å²) in [7, 11) is 0. The molecule has 0 radical (unpaired) electrons. The Hall–Kier alpha value is -1.13. The number of aromatic nitrogens is 3. The molecule has 0 aliphatic rings. The van der Waals surface area contributed by atoms with Crippen molar-refractivity contribution in [3.05, 3.63) is 29.4 Å². The highest BCUT2D eigenvalue weighted by Gasteiger charge is 2.09. The third kappa shape index (κ3) is 1.28. The van der Waals surface area contributed by atoms with Crippen LogP contribution >= 0.6 is 11.6 Å². The van der Waals surface area contributed by atoms with E-state index in [0.29, 0.717) is 5.15 Å². The molecule has 0 amide bonds. The third-order valence-electron chi connectivity index (χ3n) is 1.81. The fourth-order valence-corrected chi connectivity index (χ4v) is 1.47. The van der Waals surface area contributed by atoms with E-state index < -0.39 is 0 Å². The lowest BCUT2D eigenvalue weighted by Crippen LogP contribution is -2.12. The van der Waals surface area contributed by atoms with E-state index in [1.807, 2.05) is 6.92 Å². The van der Waals surface area contributed by atoms with Crippen molar-refractivity contribution in [1.82, 2.24) is 14.4 Å². The summed E-state index contributed by atoms with van der Waals surface area (Å²) in [5, 5.41) is 0.537. The van der Waals surface area contributed by atoms with Crippen molar-refractivity contribution < 1.29 is 0 Å². The van der Waals surface area contributed by atoms with Gasteiger partial charge in [0.1, 0.15) is 16.6 Å². The lowest BCUT2D eigenvalue weighted by Gasteiger charge is -2.07. The lowest BCUT2D eigenvalue weighted by molar-refractivity contribution is 0.721. The van der Waals surface area contributed by atoms with Gasteiger partial charge >= 0.3 is 0 Å². The van der Waals surface area contributed by atoms with Gasteiger partial charge in [0, 0.05) is 6.20 Å². The van der Waals surface area contributed by atoms with E-state index in [1.165, 1.54) is 0 Å². The van der Waals surface area contributed by atoms with Crippen LogP contribution in [0.5, 0.6) is 0 Å². The van der Waals surface area contributed by atoms with Crippen LogP contribution in [0.3, 0.4) is 0 Å². The first-order valence-corrected chi connectivity index (χ1v) is 4.31. The van der Waals surface area contributed by atoms with E-state index in [9.17, 15) is 0 Å². The number of hydrogen-bond acceptors (Lipinski definition) is 3. The normalized spacial score (nSPS) is 13.5. The van der Waals surface area contributed by atoms with Crippen molar-refractivity contribution in [3.8, 4) is 0 Å². The standard InChI is InChI=1S/C8H9ClN4/c1-5(10)8-11-3-2-7-12-4-6(9)13(7)8/h2-5H,10H2,1H3. The highest BCUT2D eigenvalue weighted by molar-refractivity contribution is 6.29. The maximum atomic E-state index is 5.93. The molecule has 0 fully saturated rings. The molecule has 68 valence electrons. The molecule has 1 atom stereocenters. The van der Waals surface area contributed by atoms with Crippen molar-refractivity contribution in [2.24, 2.45) is 5.73 Å². The molecule has 2 rings (SSSR count). The van der Waals surface area contributed by atoms with Gasteiger partial charge in [0.05, 0.1) is 12.2 Å². The van der Waals surface area contributed by atoms with Crippen LogP contribution in [0.2, 0.25) is 5.15 Å². The Morgan fingerprint density at radius 2 is 2.31 bits per heavy atom. The average Bonchev–Trinajstić information content (AvgIpc) is 2.48. The number of nitrogens with zero attached hydrogens (tertiary/aromatic N) is 3. The predicted molar refractivity (Wildman–Crippen MR) is 50.6 cm³/mol. The molecule has 2 heterocycles. The van der Waals surface area contributed by atoms with Gasteiger partial charge < -0.3 is 5.73 Å². The number of fused-ring (bicyclic) bond motifs is 1. The molecule has 0 saturated heterocycles. The van der Waals surface area contributed by atoms with Gasteiger partial charge in [-0.15, -0.1) is 0 Å². The molecule has 2 aromatic rings. The summed E-state index contributed by atoms with van der Waals surface area (Å²) in [5.41, 5.74) is 6.51. The molecule has 1 unspecified atom stereocenters. The monoisotopic (exact) mass is 196 g/mol. The fourth-order valence-electron chi connectivity index (χ4n) is 1.25. The minimum absolute atomic E-state index is 0.157. The van der Waals surface area contributed by atoms with Crippen LogP contribution in [-0.4, -0.2) is 14.4 Å². The highest BCUT2D eigenvalue weighted by atomic mass is 35.5. The van der Waals surface area contributed by atoms with E-state index in [0.717, 1.165) is 11.5 Å². The summed E-state index contributed by atoms with van der Waals surface area (Å²) in [6.45, 7) is 1.86. The molecule has 0 saturated carbocycles. The first-order chi connectivity index (χ1) is 6.20. The molecule has 0 aromatic carbocycles. The van der Waals surface area contributed by atoms with Crippen LogP contribution in [-0.2, 0) is 0 Å². The molecule has 5 heteroatoms. The summed E-state index contributed by atoms with van der Waals surface area (Å²) < 4.78 is 1.74. The van der Waals surface area contributed by atoms with Gasteiger partial charge in [-0.05, 0) is 13.0 Å². The molecule has 0 spiro atoms. The molecular formula is C8H9ClN4. The largest absolute Gasteiger partial charge is 0.322 e.